The zero-order valence-electron chi connectivity index (χ0n) is 10.4. The summed E-state index contributed by atoms with van der Waals surface area (Å²) in [5.74, 6) is 0.573. The lowest BCUT2D eigenvalue weighted by Crippen LogP contribution is -2.40. The first-order valence-corrected chi connectivity index (χ1v) is 6.27. The van der Waals surface area contributed by atoms with Crippen LogP contribution >= 0.6 is 0 Å². The van der Waals surface area contributed by atoms with Crippen molar-refractivity contribution in [1.82, 2.24) is 19.5 Å². The summed E-state index contributed by atoms with van der Waals surface area (Å²) >= 11 is 0. The highest BCUT2D eigenvalue weighted by atomic mass is 16.3. The molecule has 2 amide bonds. The van der Waals surface area contributed by atoms with Gasteiger partial charge < -0.3 is 10.0 Å². The number of amides is 2. The molecule has 0 radical (unpaired) electrons. The van der Waals surface area contributed by atoms with E-state index in [9.17, 15) is 9.90 Å². The smallest absolute Gasteiger partial charge is 0.323 e. The van der Waals surface area contributed by atoms with Crippen LogP contribution in [0.15, 0.2) is 24.5 Å². The molecule has 3 rings (SSSR count). The molecule has 2 N–H and O–H groups in total. The monoisotopic (exact) mass is 261 g/mol. The number of aliphatic hydroxyl groups is 1. The maximum absolute atomic E-state index is 12.2. The maximum Gasteiger partial charge on any atom is 0.323 e. The van der Waals surface area contributed by atoms with Crippen molar-refractivity contribution in [2.24, 2.45) is 0 Å². The lowest BCUT2D eigenvalue weighted by Gasteiger charge is -2.23. The minimum absolute atomic E-state index is 0.000938. The minimum Gasteiger partial charge on any atom is -0.394 e. The van der Waals surface area contributed by atoms with Gasteiger partial charge in [-0.05, 0) is 18.9 Å². The summed E-state index contributed by atoms with van der Waals surface area (Å²) in [6.07, 6.45) is 5.02. The molecule has 2 aromatic heterocycles. The number of aromatic nitrogens is 3. The van der Waals surface area contributed by atoms with Crippen molar-refractivity contribution in [3.8, 4) is 0 Å². The SMILES string of the molecule is O=C(Nc1ccnc2ccnn12)N1CCC[C@H]1CO. The van der Waals surface area contributed by atoms with E-state index in [2.05, 4.69) is 15.4 Å². The van der Waals surface area contributed by atoms with Crippen LogP contribution in [-0.4, -0.2) is 49.8 Å². The number of rotatable bonds is 2. The van der Waals surface area contributed by atoms with Gasteiger partial charge in [0.05, 0.1) is 18.8 Å². The number of aliphatic hydroxyl groups excluding tert-OH is 1. The predicted molar refractivity (Wildman–Crippen MR) is 68.8 cm³/mol. The Bertz CT molecular complexity index is 597. The largest absolute Gasteiger partial charge is 0.394 e. The molecule has 2 aromatic rings. The molecule has 0 aromatic carbocycles. The Hall–Kier alpha value is -2.15. The van der Waals surface area contributed by atoms with Crippen molar-refractivity contribution in [2.75, 3.05) is 18.5 Å². The van der Waals surface area contributed by atoms with Crippen molar-refractivity contribution in [3.05, 3.63) is 24.5 Å². The lowest BCUT2D eigenvalue weighted by molar-refractivity contribution is 0.166. The molecular weight excluding hydrogens is 246 g/mol. The van der Waals surface area contributed by atoms with Crippen molar-refractivity contribution in [2.45, 2.75) is 18.9 Å². The number of carbonyl (C=O) groups is 1. The molecule has 1 aliphatic heterocycles. The molecule has 0 unspecified atom stereocenters. The average molecular weight is 261 g/mol. The maximum atomic E-state index is 12.2. The topological polar surface area (TPSA) is 82.8 Å². The van der Waals surface area contributed by atoms with Crippen LogP contribution in [0.4, 0.5) is 10.6 Å². The van der Waals surface area contributed by atoms with E-state index in [1.807, 2.05) is 0 Å². The molecule has 7 nitrogen and oxygen atoms in total. The van der Waals surface area contributed by atoms with Crippen LogP contribution in [-0.2, 0) is 0 Å². The van der Waals surface area contributed by atoms with Gasteiger partial charge in [-0.3, -0.25) is 5.32 Å². The van der Waals surface area contributed by atoms with Crippen LogP contribution in [0.25, 0.3) is 5.65 Å². The second kappa shape index (κ2) is 4.85. The van der Waals surface area contributed by atoms with E-state index in [1.165, 1.54) is 0 Å². The third kappa shape index (κ3) is 2.12. The predicted octanol–water partition coefficient (Wildman–Crippen LogP) is 0.718. The standard InChI is InChI=1S/C12H15N5O2/c18-8-9-2-1-7-16(9)12(19)15-11-3-5-13-10-4-6-14-17(10)11/h3-6,9,18H,1-2,7-8H2,(H,15,19)/t9-/m0/s1. The van der Waals surface area contributed by atoms with E-state index in [4.69, 9.17) is 0 Å². The van der Waals surface area contributed by atoms with Crippen molar-refractivity contribution in [3.63, 3.8) is 0 Å². The molecule has 1 fully saturated rings. The Balaban J connectivity index is 1.81. The molecule has 3 heterocycles. The number of nitrogens with one attached hydrogen (secondary N) is 1. The van der Waals surface area contributed by atoms with E-state index >= 15 is 0 Å². The second-order valence-electron chi connectivity index (χ2n) is 4.53. The third-order valence-corrected chi connectivity index (χ3v) is 3.37. The Kier molecular flexibility index (Phi) is 3.04. The highest BCUT2D eigenvalue weighted by Gasteiger charge is 2.28. The summed E-state index contributed by atoms with van der Waals surface area (Å²) in [6.45, 7) is 0.672. The first kappa shape index (κ1) is 11.9. The van der Waals surface area contributed by atoms with E-state index in [0.29, 0.717) is 18.0 Å². The number of nitrogens with zero attached hydrogens (tertiary/aromatic N) is 4. The Labute approximate surface area is 109 Å². The number of hydrogen-bond donors (Lipinski definition) is 2. The molecule has 0 bridgehead atoms. The van der Waals surface area contributed by atoms with Crippen molar-refractivity contribution >= 4 is 17.5 Å². The zero-order valence-corrected chi connectivity index (χ0v) is 10.4. The molecule has 0 spiro atoms. The van der Waals surface area contributed by atoms with Crippen LogP contribution in [0.1, 0.15) is 12.8 Å². The number of likely N-dealkylation sites (tertiary alicyclic amines) is 1. The molecule has 1 saturated heterocycles. The van der Waals surface area contributed by atoms with Gasteiger partial charge in [-0.25, -0.2) is 9.78 Å². The summed E-state index contributed by atoms with van der Waals surface area (Å²) in [5, 5.41) is 16.2. The molecular formula is C12H15N5O2. The molecule has 1 aliphatic rings. The van der Waals surface area contributed by atoms with Gasteiger partial charge in [-0.1, -0.05) is 0 Å². The van der Waals surface area contributed by atoms with E-state index in [-0.39, 0.29) is 18.7 Å². The highest BCUT2D eigenvalue weighted by Crippen LogP contribution is 2.18. The van der Waals surface area contributed by atoms with Gasteiger partial charge >= 0.3 is 6.03 Å². The molecule has 0 aliphatic carbocycles. The van der Waals surface area contributed by atoms with Gasteiger partial charge in [-0.15, -0.1) is 0 Å². The number of fused-ring (bicyclic) bond motifs is 1. The highest BCUT2D eigenvalue weighted by molar-refractivity contribution is 5.89. The summed E-state index contributed by atoms with van der Waals surface area (Å²) in [5.41, 5.74) is 0.679. The van der Waals surface area contributed by atoms with Crippen molar-refractivity contribution in [1.29, 1.82) is 0 Å². The van der Waals surface area contributed by atoms with Crippen LogP contribution in [0.2, 0.25) is 0 Å². The summed E-state index contributed by atoms with van der Waals surface area (Å²) in [7, 11) is 0. The normalized spacial score (nSPS) is 19.0. The van der Waals surface area contributed by atoms with Crippen LogP contribution in [0.3, 0.4) is 0 Å². The van der Waals surface area contributed by atoms with Crippen LogP contribution in [0.5, 0.6) is 0 Å². The Morgan fingerprint density at radius 2 is 2.37 bits per heavy atom. The molecule has 7 heteroatoms. The minimum atomic E-state index is -0.209. The Morgan fingerprint density at radius 3 is 3.21 bits per heavy atom. The fourth-order valence-corrected chi connectivity index (χ4v) is 2.40. The summed E-state index contributed by atoms with van der Waals surface area (Å²) in [4.78, 5) is 18.0. The number of urea groups is 1. The van der Waals surface area contributed by atoms with Crippen LogP contribution < -0.4 is 5.32 Å². The van der Waals surface area contributed by atoms with Gasteiger partial charge in [-0.2, -0.15) is 9.61 Å². The zero-order chi connectivity index (χ0) is 13.2. The molecule has 0 saturated carbocycles. The van der Waals surface area contributed by atoms with Gasteiger partial charge in [0.2, 0.25) is 0 Å². The summed E-state index contributed by atoms with van der Waals surface area (Å²) in [6, 6.07) is 3.17. The van der Waals surface area contributed by atoms with Gasteiger partial charge in [0.25, 0.3) is 0 Å². The number of hydrogen-bond acceptors (Lipinski definition) is 4. The van der Waals surface area contributed by atoms with E-state index < -0.39 is 0 Å². The first-order chi connectivity index (χ1) is 9.29. The fraction of sp³-hybridized carbons (Fsp3) is 0.417. The van der Waals surface area contributed by atoms with Crippen LogP contribution in [0, 0.1) is 0 Å². The molecule has 100 valence electrons. The van der Waals surface area contributed by atoms with Crippen molar-refractivity contribution < 1.29 is 9.90 Å². The van der Waals surface area contributed by atoms with Gasteiger partial charge in [0, 0.05) is 18.8 Å². The first-order valence-electron chi connectivity index (χ1n) is 6.27. The number of carbonyl (C=O) groups excluding carboxylic acids is 1. The van der Waals surface area contributed by atoms with Gasteiger partial charge in [0.15, 0.2) is 5.65 Å². The van der Waals surface area contributed by atoms with E-state index in [0.717, 1.165) is 12.8 Å². The average Bonchev–Trinajstić information content (AvgIpc) is 3.07. The Morgan fingerprint density at radius 1 is 1.47 bits per heavy atom. The quantitative estimate of drug-likeness (QED) is 0.834. The fourth-order valence-electron chi connectivity index (χ4n) is 2.40. The lowest BCUT2D eigenvalue weighted by atomic mass is 10.2. The third-order valence-electron chi connectivity index (χ3n) is 3.37. The van der Waals surface area contributed by atoms with Gasteiger partial charge in [0.1, 0.15) is 5.82 Å². The second-order valence-corrected chi connectivity index (χ2v) is 4.53. The number of anilines is 1. The van der Waals surface area contributed by atoms with E-state index in [1.54, 1.807) is 33.9 Å². The summed E-state index contributed by atoms with van der Waals surface area (Å²) < 4.78 is 1.57. The molecule has 19 heavy (non-hydrogen) atoms. The molecule has 1 atom stereocenters.